The van der Waals surface area contributed by atoms with Crippen molar-refractivity contribution < 1.29 is 19.3 Å². The molecule has 1 aliphatic heterocycles. The lowest BCUT2D eigenvalue weighted by atomic mass is 9.92. The summed E-state index contributed by atoms with van der Waals surface area (Å²) in [6, 6.07) is 0. The Balaban J connectivity index is 3.01. The highest BCUT2D eigenvalue weighted by Crippen LogP contribution is 2.42. The van der Waals surface area contributed by atoms with Gasteiger partial charge in [-0.25, -0.2) is 0 Å². The number of aliphatic hydroxyl groups is 1. The van der Waals surface area contributed by atoms with E-state index in [2.05, 4.69) is 0 Å². The largest absolute Gasteiger partial charge is 0.384 e. The summed E-state index contributed by atoms with van der Waals surface area (Å²) < 4.78 is 16.6. The average Bonchev–Trinajstić information content (AvgIpc) is 2.71. The zero-order valence-electron chi connectivity index (χ0n) is 10.7. The van der Waals surface area contributed by atoms with E-state index in [0.29, 0.717) is 12.8 Å². The standard InChI is InChI=1S/C12H22O4/c1-6-10(3,13)12(15-5)9-8-11(7-2,14-4)16-12/h8-9,13H,6-7H2,1-5H3. The van der Waals surface area contributed by atoms with Crippen LogP contribution in [0.3, 0.4) is 0 Å². The molecule has 0 fully saturated rings. The smallest absolute Gasteiger partial charge is 0.220 e. The molecule has 16 heavy (non-hydrogen) atoms. The molecular formula is C12H22O4. The molecule has 1 heterocycles. The molecule has 0 bridgehead atoms. The van der Waals surface area contributed by atoms with Crippen LogP contribution in [0.1, 0.15) is 33.6 Å². The SMILES string of the molecule is CCC1(OC)C=CC(OC)(C(C)(O)CC)O1. The molecule has 0 spiro atoms. The minimum atomic E-state index is -1.13. The van der Waals surface area contributed by atoms with Gasteiger partial charge in [0.15, 0.2) is 5.79 Å². The van der Waals surface area contributed by atoms with E-state index in [0.717, 1.165) is 0 Å². The van der Waals surface area contributed by atoms with Gasteiger partial charge in [0, 0.05) is 20.6 Å². The van der Waals surface area contributed by atoms with Crippen molar-refractivity contribution in [1.29, 1.82) is 0 Å². The van der Waals surface area contributed by atoms with Crippen LogP contribution >= 0.6 is 0 Å². The van der Waals surface area contributed by atoms with Crippen LogP contribution in [-0.4, -0.2) is 36.5 Å². The van der Waals surface area contributed by atoms with E-state index in [1.165, 1.54) is 7.11 Å². The van der Waals surface area contributed by atoms with Gasteiger partial charge in [0.05, 0.1) is 0 Å². The second-order valence-electron chi connectivity index (χ2n) is 4.30. The Bertz CT molecular complexity index is 268. The molecule has 1 rings (SSSR count). The average molecular weight is 230 g/mol. The van der Waals surface area contributed by atoms with Gasteiger partial charge in [0.2, 0.25) is 5.79 Å². The third-order valence-corrected chi connectivity index (χ3v) is 3.46. The lowest BCUT2D eigenvalue weighted by Crippen LogP contribution is -2.55. The van der Waals surface area contributed by atoms with Crippen LogP contribution in [0.4, 0.5) is 0 Å². The van der Waals surface area contributed by atoms with Crippen molar-refractivity contribution in [2.75, 3.05) is 14.2 Å². The first-order chi connectivity index (χ1) is 7.41. The fourth-order valence-corrected chi connectivity index (χ4v) is 1.87. The molecule has 94 valence electrons. The van der Waals surface area contributed by atoms with Crippen molar-refractivity contribution >= 4 is 0 Å². The highest BCUT2D eigenvalue weighted by molar-refractivity contribution is 5.17. The van der Waals surface area contributed by atoms with Gasteiger partial charge in [-0.05, 0) is 25.5 Å². The molecule has 0 saturated carbocycles. The van der Waals surface area contributed by atoms with Crippen LogP contribution in [0.15, 0.2) is 12.2 Å². The van der Waals surface area contributed by atoms with E-state index in [9.17, 15) is 5.11 Å². The first-order valence-corrected chi connectivity index (χ1v) is 5.64. The van der Waals surface area contributed by atoms with Crippen molar-refractivity contribution in [1.82, 2.24) is 0 Å². The Morgan fingerprint density at radius 3 is 2.19 bits per heavy atom. The lowest BCUT2D eigenvalue weighted by molar-refractivity contribution is -0.344. The Hall–Kier alpha value is -0.420. The predicted octanol–water partition coefficient (Wildman–Crippen LogP) is 1.83. The fraction of sp³-hybridized carbons (Fsp3) is 0.833. The van der Waals surface area contributed by atoms with Crippen LogP contribution in [-0.2, 0) is 14.2 Å². The van der Waals surface area contributed by atoms with Crippen molar-refractivity contribution in [2.45, 2.75) is 50.8 Å². The van der Waals surface area contributed by atoms with E-state index >= 15 is 0 Å². The zero-order valence-corrected chi connectivity index (χ0v) is 10.7. The van der Waals surface area contributed by atoms with Crippen LogP contribution < -0.4 is 0 Å². The summed E-state index contributed by atoms with van der Waals surface area (Å²) in [5.74, 6) is -1.93. The van der Waals surface area contributed by atoms with Gasteiger partial charge < -0.3 is 19.3 Å². The minimum absolute atomic E-state index is 0.523. The third kappa shape index (κ3) is 1.91. The topological polar surface area (TPSA) is 47.9 Å². The van der Waals surface area contributed by atoms with E-state index < -0.39 is 17.2 Å². The van der Waals surface area contributed by atoms with Crippen LogP contribution in [0.5, 0.6) is 0 Å². The van der Waals surface area contributed by atoms with Gasteiger partial charge >= 0.3 is 0 Å². The second-order valence-corrected chi connectivity index (χ2v) is 4.30. The molecule has 1 aliphatic rings. The highest BCUT2D eigenvalue weighted by Gasteiger charge is 2.54. The number of methoxy groups -OCH3 is 2. The van der Waals surface area contributed by atoms with Crippen LogP contribution in [0.25, 0.3) is 0 Å². The first kappa shape index (κ1) is 13.6. The highest BCUT2D eigenvalue weighted by atomic mass is 16.8. The fourth-order valence-electron chi connectivity index (χ4n) is 1.87. The lowest BCUT2D eigenvalue weighted by Gasteiger charge is -2.41. The monoisotopic (exact) mass is 230 g/mol. The molecule has 0 aromatic heterocycles. The van der Waals surface area contributed by atoms with Gasteiger partial charge in [0.1, 0.15) is 5.60 Å². The quantitative estimate of drug-likeness (QED) is 0.732. The van der Waals surface area contributed by atoms with E-state index in [1.807, 2.05) is 13.8 Å². The van der Waals surface area contributed by atoms with Crippen molar-refractivity contribution in [2.24, 2.45) is 0 Å². The van der Waals surface area contributed by atoms with E-state index in [4.69, 9.17) is 14.2 Å². The van der Waals surface area contributed by atoms with Crippen LogP contribution in [0, 0.1) is 0 Å². The van der Waals surface area contributed by atoms with Crippen molar-refractivity contribution in [3.63, 3.8) is 0 Å². The first-order valence-electron chi connectivity index (χ1n) is 5.64. The molecule has 0 saturated heterocycles. The summed E-state index contributed by atoms with van der Waals surface area (Å²) in [6.45, 7) is 5.54. The molecule has 1 N–H and O–H groups in total. The van der Waals surface area contributed by atoms with E-state index in [1.54, 1.807) is 26.2 Å². The third-order valence-electron chi connectivity index (χ3n) is 3.46. The molecule has 4 nitrogen and oxygen atoms in total. The molecule has 4 heteroatoms. The molecule has 0 amide bonds. The number of ether oxygens (including phenoxy) is 3. The van der Waals surface area contributed by atoms with Crippen molar-refractivity contribution in [3.8, 4) is 0 Å². The Kier molecular flexibility index (Phi) is 3.80. The Morgan fingerprint density at radius 1 is 1.25 bits per heavy atom. The summed E-state index contributed by atoms with van der Waals surface area (Å²) in [7, 11) is 3.11. The summed E-state index contributed by atoms with van der Waals surface area (Å²) in [5, 5.41) is 10.3. The molecular weight excluding hydrogens is 208 g/mol. The van der Waals surface area contributed by atoms with Gasteiger partial charge in [-0.3, -0.25) is 0 Å². The molecule has 0 aromatic rings. The maximum Gasteiger partial charge on any atom is 0.220 e. The van der Waals surface area contributed by atoms with Gasteiger partial charge in [0.25, 0.3) is 0 Å². The molecule has 3 atom stereocenters. The van der Waals surface area contributed by atoms with Crippen molar-refractivity contribution in [3.05, 3.63) is 12.2 Å². The molecule has 0 aliphatic carbocycles. The molecule has 0 aromatic carbocycles. The maximum atomic E-state index is 10.3. The minimum Gasteiger partial charge on any atom is -0.384 e. The zero-order chi connectivity index (χ0) is 12.4. The molecule has 0 radical (unpaired) electrons. The predicted molar refractivity (Wildman–Crippen MR) is 60.9 cm³/mol. The normalized spacial score (nSPS) is 37.6. The van der Waals surface area contributed by atoms with Crippen LogP contribution in [0.2, 0.25) is 0 Å². The summed E-state index contributed by atoms with van der Waals surface area (Å²) in [6.07, 6.45) is 4.73. The Morgan fingerprint density at radius 2 is 1.88 bits per heavy atom. The van der Waals surface area contributed by atoms with Gasteiger partial charge in [-0.15, -0.1) is 0 Å². The number of rotatable bonds is 5. The summed E-state index contributed by atoms with van der Waals surface area (Å²) in [4.78, 5) is 0. The number of hydrogen-bond acceptors (Lipinski definition) is 4. The van der Waals surface area contributed by atoms with Gasteiger partial charge in [-0.2, -0.15) is 0 Å². The summed E-state index contributed by atoms with van der Waals surface area (Å²) >= 11 is 0. The molecule has 3 unspecified atom stereocenters. The number of hydrogen-bond donors (Lipinski definition) is 1. The Labute approximate surface area is 97.2 Å². The maximum absolute atomic E-state index is 10.3. The van der Waals surface area contributed by atoms with E-state index in [-0.39, 0.29) is 0 Å². The summed E-state index contributed by atoms with van der Waals surface area (Å²) in [5.41, 5.74) is -1.09. The second kappa shape index (κ2) is 4.45. The van der Waals surface area contributed by atoms with Gasteiger partial charge in [-0.1, -0.05) is 13.8 Å².